The molecule has 212 valence electrons. The first-order valence-electron chi connectivity index (χ1n) is 15.1. The molecule has 0 saturated carbocycles. The highest BCUT2D eigenvalue weighted by molar-refractivity contribution is 7.16. The fraction of sp³-hybridized carbons (Fsp3) is 0.436. The molecule has 4 rings (SSSR count). The molecular weight excluding hydrogens is 497 g/mol. The number of aryl methyl sites for hydroxylation is 4. The molecule has 0 heterocycles. The largest absolute Gasteiger partial charge is 0.179 e. The van der Waals surface area contributed by atoms with Crippen LogP contribution in [0.15, 0.2) is 77.5 Å². The van der Waals surface area contributed by atoms with Crippen LogP contribution in [0.1, 0.15) is 102 Å². The standard InChI is InChI=1S/C39H52Si/c1-26-17-27(2)20-32(19-26)40(33-21-28(3)18-29(4)22-33,36-16-14-15-35(36)39(11,12)13)34-24-30(37(5,6)7)23-31(25-34)38(8,9)10/h15-25H,14H2,1-13H3. The molecule has 0 saturated heterocycles. The van der Waals surface area contributed by atoms with E-state index in [4.69, 9.17) is 0 Å². The summed E-state index contributed by atoms with van der Waals surface area (Å²) in [6, 6.07) is 22.4. The van der Waals surface area contributed by atoms with Crippen LogP contribution in [-0.2, 0) is 10.8 Å². The normalized spacial score (nSPS) is 14.8. The average Bonchev–Trinajstić information content (AvgIpc) is 3.28. The SMILES string of the molecule is Cc1cc(C)cc([Si](C2=CCC=C2C(C)(C)C)(c2cc(C)cc(C)c2)c2cc(C(C)(C)C)cc(C(C)(C)C)c2)c1. The van der Waals surface area contributed by atoms with Crippen LogP contribution in [0.25, 0.3) is 0 Å². The smallest absolute Gasteiger partial charge is 0.0801 e. The van der Waals surface area contributed by atoms with Gasteiger partial charge in [0.2, 0.25) is 0 Å². The third-order valence-corrected chi connectivity index (χ3v) is 13.3. The maximum absolute atomic E-state index is 2.72. The molecule has 0 fully saturated rings. The zero-order valence-corrected chi connectivity index (χ0v) is 28.6. The Morgan fingerprint density at radius 3 is 1.18 bits per heavy atom. The molecule has 0 atom stereocenters. The van der Waals surface area contributed by atoms with E-state index in [9.17, 15) is 0 Å². The van der Waals surface area contributed by atoms with E-state index in [0.29, 0.717) is 0 Å². The molecule has 0 spiro atoms. The Morgan fingerprint density at radius 2 is 0.825 bits per heavy atom. The van der Waals surface area contributed by atoms with Gasteiger partial charge in [-0.15, -0.1) is 0 Å². The number of benzene rings is 3. The van der Waals surface area contributed by atoms with E-state index in [2.05, 4.69) is 157 Å². The minimum absolute atomic E-state index is 0.0495. The lowest BCUT2D eigenvalue weighted by atomic mass is 9.81. The van der Waals surface area contributed by atoms with Crippen molar-refractivity contribution in [2.45, 2.75) is 107 Å². The molecule has 1 heteroatoms. The topological polar surface area (TPSA) is 0 Å². The van der Waals surface area contributed by atoms with Crippen LogP contribution in [0.5, 0.6) is 0 Å². The van der Waals surface area contributed by atoms with Gasteiger partial charge in [-0.2, -0.15) is 0 Å². The van der Waals surface area contributed by atoms with Crippen LogP contribution in [0.2, 0.25) is 0 Å². The molecule has 0 aliphatic heterocycles. The van der Waals surface area contributed by atoms with Crippen molar-refractivity contribution in [1.29, 1.82) is 0 Å². The summed E-state index contributed by atoms with van der Waals surface area (Å²) in [6.45, 7) is 30.5. The predicted octanol–water partition coefficient (Wildman–Crippen LogP) is 8.83. The fourth-order valence-electron chi connectivity index (χ4n) is 6.64. The average molecular weight is 549 g/mol. The monoisotopic (exact) mass is 548 g/mol. The first-order valence-corrected chi connectivity index (χ1v) is 17.1. The van der Waals surface area contributed by atoms with Gasteiger partial charge >= 0.3 is 0 Å². The summed E-state index contributed by atoms with van der Waals surface area (Å²) in [4.78, 5) is 0. The number of hydrogen-bond acceptors (Lipinski definition) is 0. The Balaban J connectivity index is 2.31. The summed E-state index contributed by atoms with van der Waals surface area (Å²) >= 11 is 0. The first kappa shape index (κ1) is 30.3. The molecule has 3 aromatic rings. The van der Waals surface area contributed by atoms with Gasteiger partial charge in [0.25, 0.3) is 0 Å². The molecule has 0 amide bonds. The van der Waals surface area contributed by atoms with E-state index >= 15 is 0 Å². The summed E-state index contributed by atoms with van der Waals surface area (Å²) < 4.78 is 0. The maximum Gasteiger partial charge on any atom is 0.179 e. The highest BCUT2D eigenvalue weighted by Gasteiger charge is 2.48. The minimum atomic E-state index is -2.72. The Hall–Kier alpha value is -2.64. The Bertz CT molecular complexity index is 1360. The van der Waals surface area contributed by atoms with Gasteiger partial charge in [0, 0.05) is 0 Å². The Kier molecular flexibility index (Phi) is 7.82. The van der Waals surface area contributed by atoms with Gasteiger partial charge in [0.05, 0.1) is 0 Å². The molecule has 40 heavy (non-hydrogen) atoms. The van der Waals surface area contributed by atoms with Gasteiger partial charge in [0.15, 0.2) is 8.07 Å². The molecule has 0 nitrogen and oxygen atoms in total. The van der Waals surface area contributed by atoms with Crippen LogP contribution in [0, 0.1) is 33.1 Å². The zero-order chi connectivity index (χ0) is 29.8. The van der Waals surface area contributed by atoms with Crippen LogP contribution in [0.4, 0.5) is 0 Å². The summed E-state index contributed by atoms with van der Waals surface area (Å²) in [5.74, 6) is 0. The number of allylic oxidation sites excluding steroid dienone is 4. The molecule has 1 aliphatic carbocycles. The minimum Gasteiger partial charge on any atom is -0.0801 e. The summed E-state index contributed by atoms with van der Waals surface area (Å²) in [6.07, 6.45) is 6.11. The van der Waals surface area contributed by atoms with E-state index in [1.165, 1.54) is 54.5 Å². The second-order valence-electron chi connectivity index (χ2n) is 15.5. The predicted molar refractivity (Wildman–Crippen MR) is 181 cm³/mol. The Morgan fingerprint density at radius 1 is 0.450 bits per heavy atom. The molecule has 0 unspecified atom stereocenters. The van der Waals surface area contributed by atoms with Gasteiger partial charge < -0.3 is 0 Å². The lowest BCUT2D eigenvalue weighted by Crippen LogP contribution is -2.69. The van der Waals surface area contributed by atoms with E-state index < -0.39 is 8.07 Å². The van der Waals surface area contributed by atoms with E-state index in [1.54, 1.807) is 5.20 Å². The van der Waals surface area contributed by atoms with Crippen molar-refractivity contribution in [3.63, 3.8) is 0 Å². The third kappa shape index (κ3) is 5.73. The van der Waals surface area contributed by atoms with E-state index in [-0.39, 0.29) is 16.2 Å². The number of hydrogen-bond donors (Lipinski definition) is 0. The van der Waals surface area contributed by atoms with Crippen molar-refractivity contribution in [2.24, 2.45) is 5.41 Å². The fourth-order valence-corrected chi connectivity index (χ4v) is 12.4. The van der Waals surface area contributed by atoms with Crippen LogP contribution in [-0.4, -0.2) is 8.07 Å². The Labute approximate surface area is 246 Å². The zero-order valence-electron chi connectivity index (χ0n) is 27.6. The lowest BCUT2D eigenvalue weighted by Gasteiger charge is -2.41. The third-order valence-electron chi connectivity index (χ3n) is 8.55. The molecule has 0 aromatic heterocycles. The molecule has 3 aromatic carbocycles. The highest BCUT2D eigenvalue weighted by Crippen LogP contribution is 2.41. The van der Waals surface area contributed by atoms with Gasteiger partial charge in [-0.1, -0.05) is 151 Å². The molecule has 1 aliphatic rings. The molecule has 0 radical (unpaired) electrons. The van der Waals surface area contributed by atoms with Gasteiger partial charge in [0.1, 0.15) is 0 Å². The highest BCUT2D eigenvalue weighted by atomic mass is 28.3. The molecule has 0 bridgehead atoms. The summed E-state index contributed by atoms with van der Waals surface area (Å²) in [7, 11) is -2.72. The van der Waals surface area contributed by atoms with Gasteiger partial charge in [-0.25, -0.2) is 0 Å². The van der Waals surface area contributed by atoms with Gasteiger partial charge in [-0.3, -0.25) is 0 Å². The van der Waals surface area contributed by atoms with Crippen molar-refractivity contribution < 1.29 is 0 Å². The second kappa shape index (κ2) is 10.3. The second-order valence-corrected chi connectivity index (χ2v) is 19.3. The van der Waals surface area contributed by atoms with Crippen molar-refractivity contribution >= 4 is 23.6 Å². The van der Waals surface area contributed by atoms with Crippen molar-refractivity contribution in [3.8, 4) is 0 Å². The number of rotatable bonds is 4. The van der Waals surface area contributed by atoms with Crippen LogP contribution >= 0.6 is 0 Å². The van der Waals surface area contributed by atoms with Crippen molar-refractivity contribution in [2.75, 3.05) is 0 Å². The van der Waals surface area contributed by atoms with E-state index in [1.807, 2.05) is 0 Å². The van der Waals surface area contributed by atoms with Gasteiger partial charge in [-0.05, 0) is 87.8 Å². The summed E-state index contributed by atoms with van der Waals surface area (Å²) in [5, 5.41) is 6.11. The molecule has 0 N–H and O–H groups in total. The van der Waals surface area contributed by atoms with Crippen molar-refractivity contribution in [3.05, 3.63) is 111 Å². The quantitative estimate of drug-likeness (QED) is 0.226. The van der Waals surface area contributed by atoms with Crippen LogP contribution in [0.3, 0.4) is 0 Å². The van der Waals surface area contributed by atoms with Crippen LogP contribution < -0.4 is 15.6 Å². The van der Waals surface area contributed by atoms with Crippen molar-refractivity contribution in [1.82, 2.24) is 0 Å². The molecular formula is C39H52Si. The first-order chi connectivity index (χ1) is 18.3. The summed E-state index contributed by atoms with van der Waals surface area (Å²) in [5.41, 5.74) is 9.93. The maximum atomic E-state index is 2.59. The lowest BCUT2D eigenvalue weighted by molar-refractivity contribution is 0.515. The van der Waals surface area contributed by atoms with E-state index in [0.717, 1.165) is 6.42 Å².